The van der Waals surface area contributed by atoms with Crippen LogP contribution >= 0.6 is 11.3 Å². The topological polar surface area (TPSA) is 30.7 Å². The fourth-order valence-corrected chi connectivity index (χ4v) is 9.16. The molecule has 0 aliphatic heterocycles. The lowest BCUT2D eigenvalue weighted by Crippen LogP contribution is -1.95. The minimum Gasteiger partial charge on any atom is -0.309 e. The summed E-state index contributed by atoms with van der Waals surface area (Å²) in [4.78, 5) is 11.6. The van der Waals surface area contributed by atoms with Crippen molar-refractivity contribution in [3.8, 4) is 50.6 Å². The number of para-hydroxylation sites is 2. The Balaban J connectivity index is 1.01. The predicted molar refractivity (Wildman–Crippen MR) is 229 cm³/mol. The van der Waals surface area contributed by atoms with E-state index in [1.54, 1.807) is 11.3 Å². The number of thiophene rings is 1. The van der Waals surface area contributed by atoms with Gasteiger partial charge in [0.25, 0.3) is 0 Å². The van der Waals surface area contributed by atoms with E-state index in [0.29, 0.717) is 0 Å². The third-order valence-corrected chi connectivity index (χ3v) is 11.7. The van der Waals surface area contributed by atoms with Crippen molar-refractivity contribution in [3.05, 3.63) is 188 Å². The van der Waals surface area contributed by atoms with E-state index in [1.807, 2.05) is 6.07 Å². The number of aromatic nitrogens is 3. The van der Waals surface area contributed by atoms with Crippen molar-refractivity contribution < 1.29 is 0 Å². The summed E-state index contributed by atoms with van der Waals surface area (Å²) < 4.78 is 3.62. The zero-order valence-electron chi connectivity index (χ0n) is 29.1. The summed E-state index contributed by atoms with van der Waals surface area (Å²) >= 11 is 1.77. The fourth-order valence-electron chi connectivity index (χ4n) is 8.07. The van der Waals surface area contributed by atoms with E-state index in [-0.39, 0.29) is 0 Å². The maximum absolute atomic E-state index is 5.29. The van der Waals surface area contributed by atoms with Gasteiger partial charge < -0.3 is 4.57 Å². The predicted octanol–water partition coefficient (Wildman–Crippen LogP) is 13.8. The van der Waals surface area contributed by atoms with Crippen molar-refractivity contribution in [2.75, 3.05) is 0 Å². The number of hydrogen-bond acceptors (Lipinski definition) is 3. The molecular weight excluding hydrogens is 675 g/mol. The highest BCUT2D eigenvalue weighted by atomic mass is 32.1. The molecule has 252 valence electrons. The van der Waals surface area contributed by atoms with Crippen LogP contribution in [-0.4, -0.2) is 14.5 Å². The van der Waals surface area contributed by atoms with E-state index in [1.165, 1.54) is 48.1 Å². The quantitative estimate of drug-likeness (QED) is 0.178. The molecule has 11 aromatic rings. The molecule has 4 heteroatoms. The molecule has 0 saturated heterocycles. The molecule has 0 aliphatic carbocycles. The van der Waals surface area contributed by atoms with Crippen molar-refractivity contribution in [1.82, 2.24) is 14.5 Å². The summed E-state index contributed by atoms with van der Waals surface area (Å²) in [6, 6.07) is 67.1. The molecule has 0 atom stereocenters. The molecule has 54 heavy (non-hydrogen) atoms. The molecule has 0 fully saturated rings. The molecule has 7 aromatic carbocycles. The Kier molecular flexibility index (Phi) is 7.04. The number of benzene rings is 7. The second-order valence-corrected chi connectivity index (χ2v) is 14.8. The average molecular weight is 706 g/mol. The van der Waals surface area contributed by atoms with E-state index in [2.05, 4.69) is 187 Å². The summed E-state index contributed by atoms with van der Waals surface area (Å²) in [7, 11) is 0. The largest absolute Gasteiger partial charge is 0.309 e. The zero-order chi connectivity index (χ0) is 35.6. The van der Waals surface area contributed by atoms with Gasteiger partial charge in [-0.25, -0.2) is 9.97 Å². The first-order chi connectivity index (χ1) is 26.8. The van der Waals surface area contributed by atoms with Gasteiger partial charge in [0.1, 0.15) is 4.83 Å². The molecule has 0 amide bonds. The molecule has 0 aliphatic rings. The van der Waals surface area contributed by atoms with Gasteiger partial charge in [-0.3, -0.25) is 0 Å². The summed E-state index contributed by atoms with van der Waals surface area (Å²) in [6.45, 7) is 0. The molecule has 11 rings (SSSR count). The van der Waals surface area contributed by atoms with Gasteiger partial charge in [0.05, 0.1) is 28.1 Å². The van der Waals surface area contributed by atoms with Crippen LogP contribution in [0.3, 0.4) is 0 Å². The Hall–Kier alpha value is -6.88. The van der Waals surface area contributed by atoms with Crippen LogP contribution in [0.15, 0.2) is 188 Å². The normalized spacial score (nSPS) is 11.7. The second-order valence-electron chi connectivity index (χ2n) is 13.8. The van der Waals surface area contributed by atoms with Gasteiger partial charge in [0.15, 0.2) is 0 Å². The van der Waals surface area contributed by atoms with Crippen LogP contribution in [0.25, 0.3) is 103 Å². The standard InChI is InChI=1S/C50H31N3S/c1-2-12-33(13-3-1)43-30-36(31-44(51-43)34-26-28-37(29-27-34)53-45-19-9-6-14-38(45)39-15-7-10-20-46(39)53)32-22-24-35(25-23-32)49-41-17-5-4-16-40(41)48-42-18-8-11-21-47(42)54-50(48)52-49/h1-31H. The zero-order valence-corrected chi connectivity index (χ0v) is 30.0. The van der Waals surface area contributed by atoms with Crippen LogP contribution < -0.4 is 0 Å². The van der Waals surface area contributed by atoms with E-state index >= 15 is 0 Å². The molecule has 0 radical (unpaired) electrons. The maximum atomic E-state index is 5.29. The minimum absolute atomic E-state index is 0.937. The Labute approximate surface area is 316 Å². The Morgan fingerprint density at radius 3 is 1.57 bits per heavy atom. The molecule has 4 aromatic heterocycles. The first-order valence-corrected chi connectivity index (χ1v) is 19.1. The number of nitrogens with zero attached hydrogens (tertiary/aromatic N) is 3. The van der Waals surface area contributed by atoms with E-state index in [4.69, 9.17) is 9.97 Å². The third-order valence-electron chi connectivity index (χ3n) is 10.6. The third kappa shape index (κ3) is 4.96. The molecule has 0 bridgehead atoms. The number of hydrogen-bond donors (Lipinski definition) is 0. The van der Waals surface area contributed by atoms with Crippen molar-refractivity contribution in [2.45, 2.75) is 0 Å². The fraction of sp³-hybridized carbons (Fsp3) is 0. The minimum atomic E-state index is 0.937. The SMILES string of the molecule is c1ccc(-c2cc(-c3ccc(-c4nc5sc6ccccc6c5c5ccccc45)cc3)cc(-c3ccc(-n4c5ccccc5c5ccccc54)cc3)n2)cc1. The van der Waals surface area contributed by atoms with Crippen LogP contribution in [0.5, 0.6) is 0 Å². The van der Waals surface area contributed by atoms with Gasteiger partial charge in [-0.05, 0) is 59.0 Å². The summed E-state index contributed by atoms with van der Waals surface area (Å²) in [6.07, 6.45) is 0. The summed E-state index contributed by atoms with van der Waals surface area (Å²) in [5.74, 6) is 0. The van der Waals surface area contributed by atoms with Gasteiger partial charge in [-0.2, -0.15) is 0 Å². The van der Waals surface area contributed by atoms with Gasteiger partial charge in [-0.15, -0.1) is 11.3 Å². The van der Waals surface area contributed by atoms with Crippen LogP contribution in [0, 0.1) is 0 Å². The van der Waals surface area contributed by atoms with Gasteiger partial charge in [0.2, 0.25) is 0 Å². The second kappa shape index (κ2) is 12.4. The van der Waals surface area contributed by atoms with Crippen LogP contribution in [0.4, 0.5) is 0 Å². The van der Waals surface area contributed by atoms with Gasteiger partial charge in [0, 0.05) is 54.0 Å². The molecule has 0 saturated carbocycles. The Bertz CT molecular complexity index is 3140. The van der Waals surface area contributed by atoms with E-state index < -0.39 is 0 Å². The van der Waals surface area contributed by atoms with Crippen LogP contribution in [0.1, 0.15) is 0 Å². The summed E-state index contributed by atoms with van der Waals surface area (Å²) in [5.41, 5.74) is 11.9. The van der Waals surface area contributed by atoms with Crippen molar-refractivity contribution in [2.24, 2.45) is 0 Å². The van der Waals surface area contributed by atoms with Gasteiger partial charge >= 0.3 is 0 Å². The van der Waals surface area contributed by atoms with Crippen LogP contribution in [-0.2, 0) is 0 Å². The highest BCUT2D eigenvalue weighted by Gasteiger charge is 2.16. The van der Waals surface area contributed by atoms with Crippen molar-refractivity contribution in [1.29, 1.82) is 0 Å². The molecule has 0 unspecified atom stereocenters. The van der Waals surface area contributed by atoms with E-state index in [0.717, 1.165) is 55.4 Å². The lowest BCUT2D eigenvalue weighted by molar-refractivity contribution is 1.18. The maximum Gasteiger partial charge on any atom is 0.125 e. The first-order valence-electron chi connectivity index (χ1n) is 18.2. The van der Waals surface area contributed by atoms with Crippen LogP contribution in [0.2, 0.25) is 0 Å². The Morgan fingerprint density at radius 2 is 0.889 bits per heavy atom. The monoisotopic (exact) mass is 705 g/mol. The average Bonchev–Trinajstić information content (AvgIpc) is 3.80. The van der Waals surface area contributed by atoms with Crippen molar-refractivity contribution in [3.63, 3.8) is 0 Å². The number of fused-ring (bicyclic) bond motifs is 8. The number of rotatable bonds is 5. The molecule has 3 nitrogen and oxygen atoms in total. The molecule has 4 heterocycles. The lowest BCUT2D eigenvalue weighted by Gasteiger charge is -2.13. The molecule has 0 spiro atoms. The van der Waals surface area contributed by atoms with E-state index in [9.17, 15) is 0 Å². The highest BCUT2D eigenvalue weighted by molar-refractivity contribution is 7.25. The summed E-state index contributed by atoms with van der Waals surface area (Å²) in [5, 5.41) is 7.45. The first kappa shape index (κ1) is 30.7. The van der Waals surface area contributed by atoms with Gasteiger partial charge in [-0.1, -0.05) is 146 Å². The number of pyridine rings is 2. The molecular formula is C50H31N3S. The molecule has 0 N–H and O–H groups in total. The van der Waals surface area contributed by atoms with Crippen molar-refractivity contribution >= 4 is 64.2 Å². The lowest BCUT2D eigenvalue weighted by atomic mass is 9.97. The highest BCUT2D eigenvalue weighted by Crippen LogP contribution is 2.41. The smallest absolute Gasteiger partial charge is 0.125 e. The Morgan fingerprint density at radius 1 is 0.370 bits per heavy atom.